The molecule has 0 unspecified atom stereocenters. The van der Waals surface area contributed by atoms with Crippen molar-refractivity contribution in [1.29, 1.82) is 0 Å². The largest absolute Gasteiger partial charge is 0.383 e. The van der Waals surface area contributed by atoms with Crippen molar-refractivity contribution in [3.05, 3.63) is 11.8 Å². The van der Waals surface area contributed by atoms with E-state index in [4.69, 9.17) is 18.9 Å². The Kier molecular flexibility index (Phi) is 6.12. The quantitative estimate of drug-likeness (QED) is 0.654. The predicted octanol–water partition coefficient (Wildman–Crippen LogP) is 1.80. The van der Waals surface area contributed by atoms with Crippen LogP contribution in [0.1, 0.15) is 44.9 Å². The fraction of sp³-hybridized carbons (Fsp3) is 0.789. The highest BCUT2D eigenvalue weighted by molar-refractivity contribution is 5.96. The summed E-state index contributed by atoms with van der Waals surface area (Å²) in [6.07, 6.45) is 6.44. The molecule has 4 rings (SSSR count). The Morgan fingerprint density at radius 2 is 1.31 bits per heavy atom. The second-order valence-corrected chi connectivity index (χ2v) is 7.47. The molecule has 0 aromatic carbocycles. The SMILES string of the molecule is CN(C)/C=C1\CC2(CCC1=O)OCCO2.O=C1CCC2(CC1)OCCO2. The second-order valence-electron chi connectivity index (χ2n) is 7.47. The molecule has 7 heteroatoms. The first-order valence-corrected chi connectivity index (χ1v) is 9.40. The summed E-state index contributed by atoms with van der Waals surface area (Å²) in [5.74, 6) is -0.313. The first-order valence-electron chi connectivity index (χ1n) is 9.40. The highest BCUT2D eigenvalue weighted by atomic mass is 16.7. The summed E-state index contributed by atoms with van der Waals surface area (Å²) in [6.45, 7) is 2.66. The molecule has 4 fully saturated rings. The molecule has 2 heterocycles. The molecule has 0 aromatic heterocycles. The van der Waals surface area contributed by atoms with E-state index in [0.717, 1.165) is 18.4 Å². The highest BCUT2D eigenvalue weighted by Gasteiger charge is 2.42. The van der Waals surface area contributed by atoms with E-state index in [1.165, 1.54) is 0 Å². The van der Waals surface area contributed by atoms with Crippen LogP contribution in [0.4, 0.5) is 0 Å². The predicted molar refractivity (Wildman–Crippen MR) is 93.4 cm³/mol. The van der Waals surface area contributed by atoms with Crippen LogP contribution in [0.25, 0.3) is 0 Å². The maximum atomic E-state index is 11.7. The standard InChI is InChI=1S/C11H17NO3.C8H12O3/c1-12(2)8-9-7-11(4-3-10(9)13)14-5-6-15-11;9-7-1-3-8(4-2-7)10-5-6-11-8/h8H,3-7H2,1-2H3;1-6H2/b9-8+;. The van der Waals surface area contributed by atoms with Crippen LogP contribution in [0.15, 0.2) is 11.8 Å². The van der Waals surface area contributed by atoms with Gasteiger partial charge in [-0.25, -0.2) is 0 Å². The van der Waals surface area contributed by atoms with Gasteiger partial charge in [0.15, 0.2) is 17.4 Å². The fourth-order valence-electron chi connectivity index (χ4n) is 3.81. The minimum absolute atomic E-state index is 0.216. The summed E-state index contributed by atoms with van der Waals surface area (Å²) in [4.78, 5) is 24.4. The van der Waals surface area contributed by atoms with Gasteiger partial charge in [0.05, 0.1) is 26.4 Å². The maximum absolute atomic E-state index is 11.7. The lowest BCUT2D eigenvalue weighted by atomic mass is 9.89. The first kappa shape index (κ1) is 19.5. The monoisotopic (exact) mass is 367 g/mol. The Labute approximate surface area is 154 Å². The lowest BCUT2D eigenvalue weighted by molar-refractivity contribution is -0.179. The van der Waals surface area contributed by atoms with Crippen LogP contribution >= 0.6 is 0 Å². The van der Waals surface area contributed by atoms with Crippen molar-refractivity contribution < 1.29 is 28.5 Å². The van der Waals surface area contributed by atoms with Crippen LogP contribution in [0.2, 0.25) is 0 Å². The van der Waals surface area contributed by atoms with Gasteiger partial charge in [0.2, 0.25) is 0 Å². The third kappa shape index (κ3) is 4.71. The number of hydrogen-bond acceptors (Lipinski definition) is 7. The summed E-state index contributed by atoms with van der Waals surface area (Å²) >= 11 is 0. The molecule has 4 aliphatic rings. The fourth-order valence-corrected chi connectivity index (χ4v) is 3.81. The molecule has 26 heavy (non-hydrogen) atoms. The molecule has 0 radical (unpaired) electrons. The van der Waals surface area contributed by atoms with Gasteiger partial charge >= 0.3 is 0 Å². The lowest BCUT2D eigenvalue weighted by Gasteiger charge is -2.32. The number of Topliss-reactive ketones (excluding diaryl/α,β-unsaturated/α-hetero) is 2. The van der Waals surface area contributed by atoms with Gasteiger partial charge < -0.3 is 23.8 Å². The van der Waals surface area contributed by atoms with Crippen molar-refractivity contribution >= 4 is 11.6 Å². The lowest BCUT2D eigenvalue weighted by Crippen LogP contribution is -2.37. The Bertz CT molecular complexity index is 546. The van der Waals surface area contributed by atoms with Crippen molar-refractivity contribution in [2.75, 3.05) is 40.5 Å². The number of ether oxygens (including phenoxy) is 4. The maximum Gasteiger partial charge on any atom is 0.173 e. The molecule has 7 nitrogen and oxygen atoms in total. The van der Waals surface area contributed by atoms with Crippen molar-refractivity contribution in [2.45, 2.75) is 56.5 Å². The Hall–Kier alpha value is -1.28. The third-order valence-corrected chi connectivity index (χ3v) is 5.16. The third-order valence-electron chi connectivity index (χ3n) is 5.16. The molecule has 2 spiro atoms. The second kappa shape index (κ2) is 8.17. The van der Waals surface area contributed by atoms with Gasteiger partial charge in [-0.1, -0.05) is 0 Å². The molecule has 0 N–H and O–H groups in total. The highest BCUT2D eigenvalue weighted by Crippen LogP contribution is 2.37. The van der Waals surface area contributed by atoms with Crippen molar-refractivity contribution in [3.8, 4) is 0 Å². The number of carbonyl (C=O) groups excluding carboxylic acids is 2. The van der Waals surface area contributed by atoms with Gasteiger partial charge in [-0.15, -0.1) is 0 Å². The van der Waals surface area contributed by atoms with Crippen LogP contribution in [0, 0.1) is 0 Å². The first-order chi connectivity index (χ1) is 12.4. The zero-order chi connectivity index (χ0) is 18.6. The average molecular weight is 367 g/mol. The van der Waals surface area contributed by atoms with Gasteiger partial charge in [0.25, 0.3) is 0 Å². The summed E-state index contributed by atoms with van der Waals surface area (Å²) in [6, 6.07) is 0. The molecule has 2 saturated carbocycles. The van der Waals surface area contributed by atoms with Crippen LogP contribution in [0.3, 0.4) is 0 Å². The zero-order valence-electron chi connectivity index (χ0n) is 15.8. The molecular weight excluding hydrogens is 338 g/mol. The number of nitrogens with zero attached hydrogens (tertiary/aromatic N) is 1. The van der Waals surface area contributed by atoms with Gasteiger partial charge in [0.1, 0.15) is 5.78 Å². The molecule has 2 aliphatic heterocycles. The van der Waals surface area contributed by atoms with Gasteiger partial charge in [-0.3, -0.25) is 9.59 Å². The summed E-state index contributed by atoms with van der Waals surface area (Å²) in [7, 11) is 3.83. The van der Waals surface area contributed by atoms with Crippen LogP contribution < -0.4 is 0 Å². The summed E-state index contributed by atoms with van der Waals surface area (Å²) < 4.78 is 22.1. The van der Waals surface area contributed by atoms with Crippen molar-refractivity contribution in [1.82, 2.24) is 4.90 Å². The Morgan fingerprint density at radius 3 is 1.85 bits per heavy atom. The van der Waals surface area contributed by atoms with Crippen LogP contribution in [0.5, 0.6) is 0 Å². The van der Waals surface area contributed by atoms with Gasteiger partial charge in [-0.2, -0.15) is 0 Å². The van der Waals surface area contributed by atoms with E-state index >= 15 is 0 Å². The van der Waals surface area contributed by atoms with E-state index < -0.39 is 5.79 Å². The molecule has 0 bridgehead atoms. The van der Waals surface area contributed by atoms with Gasteiger partial charge in [-0.05, 0) is 0 Å². The summed E-state index contributed by atoms with van der Waals surface area (Å²) in [5.41, 5.74) is 0.813. The average Bonchev–Trinajstić information content (AvgIpc) is 3.25. The van der Waals surface area contributed by atoms with E-state index in [1.807, 2.05) is 25.2 Å². The van der Waals surface area contributed by atoms with Gasteiger partial charge in [0, 0.05) is 70.8 Å². The van der Waals surface area contributed by atoms with Crippen LogP contribution in [-0.2, 0) is 28.5 Å². The van der Waals surface area contributed by atoms with E-state index in [-0.39, 0.29) is 11.6 Å². The van der Waals surface area contributed by atoms with Crippen molar-refractivity contribution in [3.63, 3.8) is 0 Å². The number of ketones is 2. The molecular formula is C19H29NO6. The normalized spacial score (nSPS) is 28.5. The number of carbonyl (C=O) groups is 2. The number of rotatable bonds is 1. The minimum atomic E-state index is -0.504. The molecule has 0 aromatic rings. The summed E-state index contributed by atoms with van der Waals surface area (Å²) in [5, 5.41) is 0. The zero-order valence-corrected chi connectivity index (χ0v) is 15.8. The Balaban J connectivity index is 0.000000158. The smallest absolute Gasteiger partial charge is 0.173 e. The minimum Gasteiger partial charge on any atom is -0.383 e. The molecule has 0 atom stereocenters. The van der Waals surface area contributed by atoms with E-state index in [1.54, 1.807) is 0 Å². The number of hydrogen-bond donors (Lipinski definition) is 0. The van der Waals surface area contributed by atoms with E-state index in [2.05, 4.69) is 0 Å². The molecule has 0 amide bonds. The van der Waals surface area contributed by atoms with E-state index in [9.17, 15) is 9.59 Å². The Morgan fingerprint density at radius 1 is 0.808 bits per heavy atom. The molecule has 146 valence electrons. The topological polar surface area (TPSA) is 74.3 Å². The molecule has 2 saturated heterocycles. The van der Waals surface area contributed by atoms with E-state index in [0.29, 0.717) is 64.3 Å². The molecule has 2 aliphatic carbocycles. The van der Waals surface area contributed by atoms with Crippen LogP contribution in [-0.4, -0.2) is 68.6 Å². The van der Waals surface area contributed by atoms with Crippen molar-refractivity contribution in [2.24, 2.45) is 0 Å².